The van der Waals surface area contributed by atoms with Gasteiger partial charge in [-0.15, -0.1) is 0 Å². The van der Waals surface area contributed by atoms with E-state index in [0.29, 0.717) is 0 Å². The maximum Gasteiger partial charge on any atom is 0.0600 e. The third-order valence-electron chi connectivity index (χ3n) is 3.73. The zero-order chi connectivity index (χ0) is 14.7. The molecule has 2 nitrogen and oxygen atoms in total. The van der Waals surface area contributed by atoms with Gasteiger partial charge in [0.05, 0.1) is 11.4 Å². The molecule has 0 aromatic heterocycles. The van der Waals surface area contributed by atoms with E-state index in [2.05, 4.69) is 72.1 Å². The highest BCUT2D eigenvalue weighted by Crippen LogP contribution is 2.26. The predicted molar refractivity (Wildman–Crippen MR) is 91.4 cm³/mol. The molecule has 20 heavy (non-hydrogen) atoms. The Morgan fingerprint density at radius 1 is 1.10 bits per heavy atom. The third-order valence-corrected chi connectivity index (χ3v) is 4.50. The van der Waals surface area contributed by atoms with Crippen LogP contribution in [0.3, 0.4) is 0 Å². The van der Waals surface area contributed by atoms with Gasteiger partial charge in [-0.3, -0.25) is 0 Å². The molecule has 2 N–H and O–H groups in total. The number of halogens is 1. The van der Waals surface area contributed by atoms with Crippen molar-refractivity contribution in [3.05, 3.63) is 57.6 Å². The Morgan fingerprint density at radius 3 is 2.45 bits per heavy atom. The summed E-state index contributed by atoms with van der Waals surface area (Å²) in [4.78, 5) is 2.22. The maximum atomic E-state index is 6.14. The molecule has 0 aliphatic heterocycles. The summed E-state index contributed by atoms with van der Waals surface area (Å²) in [5.41, 5.74) is 11.9. The van der Waals surface area contributed by atoms with Crippen molar-refractivity contribution in [1.82, 2.24) is 0 Å². The quantitative estimate of drug-likeness (QED) is 0.844. The summed E-state index contributed by atoms with van der Waals surface area (Å²) in [7, 11) is 2.09. The topological polar surface area (TPSA) is 29.3 Å². The number of aryl methyl sites for hydroxylation is 2. The monoisotopic (exact) mass is 332 g/mol. The average Bonchev–Trinajstić information content (AvgIpc) is 2.41. The molecule has 0 spiro atoms. The molecule has 106 valence electrons. The standard InChI is InChI=1S/C17H21BrN2/c1-12-10-16(19)17(11-13(12)2)20(3)9-8-14-6-4-5-7-15(14)18/h4-7,10-11H,8-9,19H2,1-3H3. The summed E-state index contributed by atoms with van der Waals surface area (Å²) in [6.07, 6.45) is 0.990. The first kappa shape index (κ1) is 14.9. The molecule has 0 radical (unpaired) electrons. The molecule has 3 heteroatoms. The van der Waals surface area contributed by atoms with E-state index < -0.39 is 0 Å². The van der Waals surface area contributed by atoms with E-state index in [1.807, 2.05) is 6.07 Å². The molecule has 0 saturated carbocycles. The van der Waals surface area contributed by atoms with E-state index in [9.17, 15) is 0 Å². The minimum atomic E-state index is 0.850. The second-order valence-corrected chi connectivity index (χ2v) is 6.11. The lowest BCUT2D eigenvalue weighted by atomic mass is 10.1. The summed E-state index contributed by atoms with van der Waals surface area (Å²) < 4.78 is 1.17. The Morgan fingerprint density at radius 2 is 1.75 bits per heavy atom. The second kappa shape index (κ2) is 6.31. The third kappa shape index (κ3) is 3.34. The summed E-state index contributed by atoms with van der Waals surface area (Å²) in [5, 5.41) is 0. The van der Waals surface area contributed by atoms with Gasteiger partial charge in [-0.25, -0.2) is 0 Å². The van der Waals surface area contributed by atoms with Crippen LogP contribution >= 0.6 is 15.9 Å². The van der Waals surface area contributed by atoms with Crippen molar-refractivity contribution in [2.45, 2.75) is 20.3 Å². The highest BCUT2D eigenvalue weighted by molar-refractivity contribution is 9.10. The molecule has 2 aromatic carbocycles. The van der Waals surface area contributed by atoms with Crippen molar-refractivity contribution >= 4 is 27.3 Å². The predicted octanol–water partition coefficient (Wildman–Crippen LogP) is 4.33. The number of hydrogen-bond donors (Lipinski definition) is 1. The van der Waals surface area contributed by atoms with Crippen molar-refractivity contribution in [3.63, 3.8) is 0 Å². The van der Waals surface area contributed by atoms with Crippen LogP contribution in [-0.4, -0.2) is 13.6 Å². The minimum Gasteiger partial charge on any atom is -0.397 e. The van der Waals surface area contributed by atoms with Gasteiger partial charge in [-0.1, -0.05) is 34.1 Å². The SMILES string of the molecule is Cc1cc(N)c(N(C)CCc2ccccc2Br)cc1C. The van der Waals surface area contributed by atoms with Crippen LogP contribution in [0.15, 0.2) is 40.9 Å². The van der Waals surface area contributed by atoms with Crippen LogP contribution in [0.25, 0.3) is 0 Å². The number of rotatable bonds is 4. The van der Waals surface area contributed by atoms with Gasteiger partial charge < -0.3 is 10.6 Å². The average molecular weight is 333 g/mol. The Hall–Kier alpha value is -1.48. The number of benzene rings is 2. The fraction of sp³-hybridized carbons (Fsp3) is 0.294. The second-order valence-electron chi connectivity index (χ2n) is 5.26. The van der Waals surface area contributed by atoms with Crippen molar-refractivity contribution in [1.29, 1.82) is 0 Å². The van der Waals surface area contributed by atoms with Crippen LogP contribution in [0.2, 0.25) is 0 Å². The summed E-state index contributed by atoms with van der Waals surface area (Å²) >= 11 is 3.60. The molecule has 0 amide bonds. The van der Waals surface area contributed by atoms with Gasteiger partial charge in [0.2, 0.25) is 0 Å². The summed E-state index contributed by atoms with van der Waals surface area (Å²) in [6.45, 7) is 5.16. The number of nitrogens with two attached hydrogens (primary N) is 1. The van der Waals surface area contributed by atoms with Crippen LogP contribution < -0.4 is 10.6 Å². The smallest absolute Gasteiger partial charge is 0.0600 e. The molecular formula is C17H21BrN2. The fourth-order valence-electron chi connectivity index (χ4n) is 2.26. The van der Waals surface area contributed by atoms with Gasteiger partial charge in [-0.05, 0) is 55.2 Å². The molecule has 2 rings (SSSR count). The van der Waals surface area contributed by atoms with Crippen LogP contribution in [0.4, 0.5) is 11.4 Å². The Labute approximate surface area is 129 Å². The summed E-state index contributed by atoms with van der Waals surface area (Å²) in [6, 6.07) is 12.6. The van der Waals surface area contributed by atoms with Gasteiger partial charge in [0.25, 0.3) is 0 Å². The Kier molecular flexibility index (Phi) is 4.71. The lowest BCUT2D eigenvalue weighted by Gasteiger charge is -2.22. The minimum absolute atomic E-state index is 0.850. The molecule has 0 unspecified atom stereocenters. The van der Waals surface area contributed by atoms with E-state index >= 15 is 0 Å². The first-order valence-electron chi connectivity index (χ1n) is 6.80. The molecule has 0 saturated heterocycles. The van der Waals surface area contributed by atoms with Gasteiger partial charge in [0, 0.05) is 18.1 Å². The van der Waals surface area contributed by atoms with Crippen molar-refractivity contribution in [2.24, 2.45) is 0 Å². The van der Waals surface area contributed by atoms with Gasteiger partial charge in [0.1, 0.15) is 0 Å². The lowest BCUT2D eigenvalue weighted by molar-refractivity contribution is 0.874. The van der Waals surface area contributed by atoms with E-state index in [1.54, 1.807) is 0 Å². The van der Waals surface area contributed by atoms with Crippen LogP contribution in [0, 0.1) is 13.8 Å². The molecule has 0 atom stereocenters. The molecule has 0 aliphatic rings. The largest absolute Gasteiger partial charge is 0.397 e. The number of hydrogen-bond acceptors (Lipinski definition) is 2. The number of anilines is 2. The van der Waals surface area contributed by atoms with Crippen LogP contribution in [0.5, 0.6) is 0 Å². The maximum absolute atomic E-state index is 6.14. The number of likely N-dealkylation sites (N-methyl/N-ethyl adjacent to an activating group) is 1. The van der Waals surface area contributed by atoms with E-state index in [1.165, 1.54) is 21.2 Å². The van der Waals surface area contributed by atoms with E-state index in [-0.39, 0.29) is 0 Å². The number of nitrogen functional groups attached to an aromatic ring is 1. The fourth-order valence-corrected chi connectivity index (χ4v) is 2.75. The van der Waals surface area contributed by atoms with Crippen LogP contribution in [-0.2, 0) is 6.42 Å². The van der Waals surface area contributed by atoms with Gasteiger partial charge >= 0.3 is 0 Å². The Balaban J connectivity index is 2.11. The van der Waals surface area contributed by atoms with Crippen molar-refractivity contribution in [3.8, 4) is 0 Å². The molecule has 0 fully saturated rings. The van der Waals surface area contributed by atoms with Gasteiger partial charge in [0.15, 0.2) is 0 Å². The van der Waals surface area contributed by atoms with E-state index in [4.69, 9.17) is 5.73 Å². The van der Waals surface area contributed by atoms with Crippen molar-refractivity contribution in [2.75, 3.05) is 24.2 Å². The van der Waals surface area contributed by atoms with E-state index in [0.717, 1.165) is 24.3 Å². The molecule has 2 aromatic rings. The lowest BCUT2D eigenvalue weighted by Crippen LogP contribution is -2.21. The Bertz CT molecular complexity index is 608. The zero-order valence-electron chi connectivity index (χ0n) is 12.3. The first-order valence-corrected chi connectivity index (χ1v) is 7.59. The molecule has 0 bridgehead atoms. The first-order chi connectivity index (χ1) is 9.49. The highest BCUT2D eigenvalue weighted by Gasteiger charge is 2.08. The molecule has 0 aliphatic carbocycles. The highest BCUT2D eigenvalue weighted by atomic mass is 79.9. The van der Waals surface area contributed by atoms with Crippen LogP contribution in [0.1, 0.15) is 16.7 Å². The van der Waals surface area contributed by atoms with Gasteiger partial charge in [-0.2, -0.15) is 0 Å². The number of nitrogens with zero attached hydrogens (tertiary/aromatic N) is 1. The summed E-state index contributed by atoms with van der Waals surface area (Å²) in [5.74, 6) is 0. The normalized spacial score (nSPS) is 10.6. The molecular weight excluding hydrogens is 312 g/mol. The molecule has 0 heterocycles. The van der Waals surface area contributed by atoms with Crippen molar-refractivity contribution < 1.29 is 0 Å². The zero-order valence-corrected chi connectivity index (χ0v) is 13.9.